The van der Waals surface area contributed by atoms with E-state index in [2.05, 4.69) is 34.5 Å². The van der Waals surface area contributed by atoms with Gasteiger partial charge in [-0.05, 0) is 35.3 Å². The lowest BCUT2D eigenvalue weighted by Gasteiger charge is -2.17. The average Bonchev–Trinajstić information content (AvgIpc) is 3.05. The summed E-state index contributed by atoms with van der Waals surface area (Å²) in [5.41, 5.74) is 4.62. The monoisotopic (exact) mass is 287 g/mol. The van der Waals surface area contributed by atoms with Gasteiger partial charge in [0.25, 0.3) is 5.91 Å². The van der Waals surface area contributed by atoms with E-state index >= 15 is 0 Å². The largest absolute Gasteiger partial charge is 0.337 e. The number of carbonyl (C=O) groups is 1. The van der Waals surface area contributed by atoms with Gasteiger partial charge in [-0.1, -0.05) is 18.2 Å². The highest BCUT2D eigenvalue weighted by molar-refractivity contribution is 7.03. The van der Waals surface area contributed by atoms with Crippen molar-refractivity contribution in [2.24, 2.45) is 0 Å². The van der Waals surface area contributed by atoms with Gasteiger partial charge in [-0.3, -0.25) is 9.69 Å². The number of benzene rings is 1. The molecule has 0 aliphatic carbocycles. The standard InChI is InChI=1S/C15H17N3OS/c1-17-8-12-4-3-11(5-13(12)9-17)7-18(2)15(19)14-6-16-20-10-14/h3-6,10H,7-9H2,1-2H3. The van der Waals surface area contributed by atoms with E-state index in [4.69, 9.17) is 0 Å². The van der Waals surface area contributed by atoms with Crippen LogP contribution in [0.3, 0.4) is 0 Å². The quantitative estimate of drug-likeness (QED) is 0.869. The second-order valence-corrected chi connectivity index (χ2v) is 6.01. The highest BCUT2D eigenvalue weighted by atomic mass is 32.1. The summed E-state index contributed by atoms with van der Waals surface area (Å²) in [5.74, 6) is 0.0244. The Labute approximate surface area is 122 Å². The summed E-state index contributed by atoms with van der Waals surface area (Å²) in [7, 11) is 3.96. The first-order chi connectivity index (χ1) is 9.63. The highest BCUT2D eigenvalue weighted by Gasteiger charge is 2.17. The fourth-order valence-corrected chi connectivity index (χ4v) is 3.10. The Bertz CT molecular complexity index is 624. The smallest absolute Gasteiger partial charge is 0.256 e. The van der Waals surface area contributed by atoms with E-state index < -0.39 is 0 Å². The van der Waals surface area contributed by atoms with Crippen molar-refractivity contribution in [2.45, 2.75) is 19.6 Å². The number of nitrogens with zero attached hydrogens (tertiary/aromatic N) is 3. The van der Waals surface area contributed by atoms with Crippen molar-refractivity contribution in [1.29, 1.82) is 0 Å². The molecule has 1 aromatic carbocycles. The molecule has 0 radical (unpaired) electrons. The van der Waals surface area contributed by atoms with E-state index in [0.29, 0.717) is 12.1 Å². The molecule has 0 unspecified atom stereocenters. The minimum atomic E-state index is 0.0244. The highest BCUT2D eigenvalue weighted by Crippen LogP contribution is 2.23. The van der Waals surface area contributed by atoms with Crippen molar-refractivity contribution >= 4 is 17.4 Å². The van der Waals surface area contributed by atoms with Crippen LogP contribution >= 0.6 is 11.5 Å². The zero-order chi connectivity index (χ0) is 14.1. The second-order valence-electron chi connectivity index (χ2n) is 5.35. The molecule has 4 nitrogen and oxygen atoms in total. The maximum atomic E-state index is 12.2. The summed E-state index contributed by atoms with van der Waals surface area (Å²) in [6, 6.07) is 6.51. The molecule has 2 aromatic rings. The molecule has 0 spiro atoms. The van der Waals surface area contributed by atoms with Crippen LogP contribution in [0.15, 0.2) is 29.8 Å². The Morgan fingerprint density at radius 3 is 2.95 bits per heavy atom. The molecule has 5 heteroatoms. The molecular weight excluding hydrogens is 270 g/mol. The van der Waals surface area contributed by atoms with Gasteiger partial charge >= 0.3 is 0 Å². The van der Waals surface area contributed by atoms with Crippen LogP contribution in [-0.4, -0.2) is 34.2 Å². The molecule has 0 saturated heterocycles. The molecular formula is C15H17N3OS. The van der Waals surface area contributed by atoms with Crippen LogP contribution in [0.5, 0.6) is 0 Å². The van der Waals surface area contributed by atoms with Gasteiger partial charge < -0.3 is 4.90 Å². The fourth-order valence-electron chi connectivity index (χ4n) is 2.59. The Morgan fingerprint density at radius 2 is 2.20 bits per heavy atom. The third-order valence-corrected chi connectivity index (χ3v) is 4.18. The molecule has 0 fully saturated rings. The molecule has 20 heavy (non-hydrogen) atoms. The lowest BCUT2D eigenvalue weighted by atomic mass is 10.1. The molecule has 0 atom stereocenters. The Morgan fingerprint density at radius 1 is 1.40 bits per heavy atom. The molecule has 0 N–H and O–H groups in total. The van der Waals surface area contributed by atoms with Crippen molar-refractivity contribution < 1.29 is 4.79 Å². The maximum absolute atomic E-state index is 12.2. The predicted octanol–water partition coefficient (Wildman–Crippen LogP) is 2.36. The van der Waals surface area contributed by atoms with Crippen LogP contribution in [0.25, 0.3) is 0 Å². The van der Waals surface area contributed by atoms with E-state index in [-0.39, 0.29) is 5.91 Å². The van der Waals surface area contributed by atoms with Crippen LogP contribution in [0.4, 0.5) is 0 Å². The van der Waals surface area contributed by atoms with Gasteiger partial charge in [0.15, 0.2) is 0 Å². The first-order valence-electron chi connectivity index (χ1n) is 6.57. The van der Waals surface area contributed by atoms with E-state index in [9.17, 15) is 4.79 Å². The SMILES string of the molecule is CN1Cc2ccc(CN(C)C(=O)c3cnsc3)cc2C1. The number of rotatable bonds is 3. The minimum Gasteiger partial charge on any atom is -0.337 e. The topological polar surface area (TPSA) is 36.4 Å². The molecule has 1 aliphatic heterocycles. The molecule has 1 amide bonds. The predicted molar refractivity (Wildman–Crippen MR) is 79.5 cm³/mol. The van der Waals surface area contributed by atoms with Crippen molar-refractivity contribution in [1.82, 2.24) is 14.2 Å². The molecule has 0 bridgehead atoms. The van der Waals surface area contributed by atoms with E-state index in [1.54, 1.807) is 16.5 Å². The number of carbonyl (C=O) groups excluding carboxylic acids is 1. The van der Waals surface area contributed by atoms with E-state index in [1.807, 2.05) is 7.05 Å². The van der Waals surface area contributed by atoms with Gasteiger partial charge in [0.1, 0.15) is 0 Å². The lowest BCUT2D eigenvalue weighted by Crippen LogP contribution is -2.25. The van der Waals surface area contributed by atoms with Crippen LogP contribution in [-0.2, 0) is 19.6 Å². The summed E-state index contributed by atoms with van der Waals surface area (Å²) in [4.78, 5) is 16.2. The number of amides is 1. The number of aromatic nitrogens is 1. The molecule has 1 aromatic heterocycles. The zero-order valence-corrected chi connectivity index (χ0v) is 12.5. The number of hydrogen-bond donors (Lipinski definition) is 0. The van der Waals surface area contributed by atoms with Gasteiger partial charge in [0.2, 0.25) is 0 Å². The van der Waals surface area contributed by atoms with Crippen LogP contribution in [0.2, 0.25) is 0 Å². The first-order valence-corrected chi connectivity index (χ1v) is 7.41. The van der Waals surface area contributed by atoms with Gasteiger partial charge in [-0.2, -0.15) is 0 Å². The lowest BCUT2D eigenvalue weighted by molar-refractivity contribution is 0.0785. The average molecular weight is 287 g/mol. The molecule has 104 valence electrons. The molecule has 2 heterocycles. The minimum absolute atomic E-state index is 0.0244. The van der Waals surface area contributed by atoms with Crippen LogP contribution in [0, 0.1) is 0 Å². The van der Waals surface area contributed by atoms with Gasteiger partial charge in [0.05, 0.1) is 11.8 Å². The van der Waals surface area contributed by atoms with Crippen molar-refractivity contribution in [3.05, 3.63) is 52.0 Å². The summed E-state index contributed by atoms with van der Waals surface area (Å²) < 4.78 is 3.98. The summed E-state index contributed by atoms with van der Waals surface area (Å²) in [5, 5.41) is 1.79. The van der Waals surface area contributed by atoms with Crippen LogP contribution in [0.1, 0.15) is 27.0 Å². The third kappa shape index (κ3) is 2.59. The molecule has 3 rings (SSSR count). The van der Waals surface area contributed by atoms with Crippen molar-refractivity contribution in [3.8, 4) is 0 Å². The second kappa shape index (κ2) is 5.34. The zero-order valence-electron chi connectivity index (χ0n) is 11.7. The summed E-state index contributed by atoms with van der Waals surface area (Å²) >= 11 is 1.31. The molecule has 1 aliphatic rings. The first kappa shape index (κ1) is 13.3. The Balaban J connectivity index is 1.72. The maximum Gasteiger partial charge on any atom is 0.256 e. The summed E-state index contributed by atoms with van der Waals surface area (Å²) in [6.07, 6.45) is 1.63. The van der Waals surface area contributed by atoms with Crippen molar-refractivity contribution in [2.75, 3.05) is 14.1 Å². The van der Waals surface area contributed by atoms with E-state index in [1.165, 1.54) is 28.2 Å². The third-order valence-electron chi connectivity index (χ3n) is 3.60. The van der Waals surface area contributed by atoms with E-state index in [0.717, 1.165) is 13.1 Å². The van der Waals surface area contributed by atoms with Gasteiger partial charge in [0, 0.05) is 32.1 Å². The number of hydrogen-bond acceptors (Lipinski definition) is 4. The Hall–Kier alpha value is -1.72. The van der Waals surface area contributed by atoms with Crippen LogP contribution < -0.4 is 0 Å². The Kier molecular flexibility index (Phi) is 3.54. The molecule has 0 saturated carbocycles. The van der Waals surface area contributed by atoms with Crippen molar-refractivity contribution in [3.63, 3.8) is 0 Å². The normalized spacial score (nSPS) is 14.3. The number of fused-ring (bicyclic) bond motifs is 1. The summed E-state index contributed by atoms with van der Waals surface area (Å²) in [6.45, 7) is 2.64. The fraction of sp³-hybridized carbons (Fsp3) is 0.333. The van der Waals surface area contributed by atoms with Gasteiger partial charge in [-0.25, -0.2) is 4.37 Å². The van der Waals surface area contributed by atoms with Gasteiger partial charge in [-0.15, -0.1) is 0 Å².